The highest BCUT2D eigenvalue weighted by Gasteiger charge is 2.43. The van der Waals surface area contributed by atoms with Crippen molar-refractivity contribution in [3.05, 3.63) is 35.4 Å². The van der Waals surface area contributed by atoms with E-state index in [0.29, 0.717) is 30.0 Å². The molecule has 7 heteroatoms. The summed E-state index contributed by atoms with van der Waals surface area (Å²) in [5.74, 6) is -0.685. The molecule has 0 aliphatic carbocycles. The van der Waals surface area contributed by atoms with E-state index in [4.69, 9.17) is 0 Å². The van der Waals surface area contributed by atoms with Gasteiger partial charge in [0.2, 0.25) is 0 Å². The van der Waals surface area contributed by atoms with Crippen LogP contribution < -0.4 is 10.6 Å². The van der Waals surface area contributed by atoms with E-state index in [1.165, 1.54) is 17.8 Å². The molecular formula is C16H20N2O4S. The summed E-state index contributed by atoms with van der Waals surface area (Å²) >= 11 is 1.50. The van der Waals surface area contributed by atoms with E-state index < -0.39 is 17.4 Å². The lowest BCUT2D eigenvalue weighted by molar-refractivity contribution is -0.143. The molecule has 2 rings (SSSR count). The third-order valence-corrected chi connectivity index (χ3v) is 4.90. The molecule has 1 fully saturated rings. The second-order valence-electron chi connectivity index (χ2n) is 5.48. The molecule has 2 amide bonds. The van der Waals surface area contributed by atoms with Gasteiger partial charge in [0.25, 0.3) is 11.8 Å². The minimum absolute atomic E-state index is 0.245. The van der Waals surface area contributed by atoms with Crippen molar-refractivity contribution in [3.8, 4) is 0 Å². The van der Waals surface area contributed by atoms with E-state index in [1.54, 1.807) is 18.2 Å². The predicted octanol–water partition coefficient (Wildman–Crippen LogP) is 1.52. The molecule has 124 valence electrons. The van der Waals surface area contributed by atoms with Crippen molar-refractivity contribution >= 4 is 29.5 Å². The smallest absolute Gasteiger partial charge is 0.330 e. The Morgan fingerprint density at radius 1 is 1.26 bits per heavy atom. The standard InChI is InChI=1S/C16H20N2O4S/c1-2-7-17-13(19)11-4-3-5-12(9-11)14(20)18-16(15(21)22)6-8-23-10-16/h3-5,9H,2,6-8,10H2,1H3,(H,17,19)(H,18,20)(H,21,22). The number of aliphatic carboxylic acids is 1. The van der Waals surface area contributed by atoms with E-state index in [2.05, 4.69) is 10.6 Å². The molecule has 1 aliphatic heterocycles. The molecular weight excluding hydrogens is 316 g/mol. The number of benzene rings is 1. The highest BCUT2D eigenvalue weighted by molar-refractivity contribution is 7.99. The third kappa shape index (κ3) is 4.04. The summed E-state index contributed by atoms with van der Waals surface area (Å²) in [6.07, 6.45) is 1.22. The van der Waals surface area contributed by atoms with Gasteiger partial charge in [0.15, 0.2) is 0 Å². The monoisotopic (exact) mass is 336 g/mol. The Bertz CT molecular complexity index is 612. The Morgan fingerprint density at radius 3 is 2.52 bits per heavy atom. The van der Waals surface area contributed by atoms with E-state index in [-0.39, 0.29) is 11.5 Å². The van der Waals surface area contributed by atoms with Crippen LogP contribution in [0.3, 0.4) is 0 Å². The zero-order valence-electron chi connectivity index (χ0n) is 12.9. The Balaban J connectivity index is 2.13. The van der Waals surface area contributed by atoms with Crippen LogP contribution in [0.15, 0.2) is 24.3 Å². The lowest BCUT2D eigenvalue weighted by atomic mass is 9.98. The van der Waals surface area contributed by atoms with Crippen LogP contribution in [-0.4, -0.2) is 46.5 Å². The number of carboxylic acid groups (broad SMARTS) is 1. The van der Waals surface area contributed by atoms with Crippen molar-refractivity contribution in [2.45, 2.75) is 25.3 Å². The summed E-state index contributed by atoms with van der Waals surface area (Å²) in [6, 6.07) is 6.30. The summed E-state index contributed by atoms with van der Waals surface area (Å²) < 4.78 is 0. The third-order valence-electron chi connectivity index (χ3n) is 3.71. The average molecular weight is 336 g/mol. The van der Waals surface area contributed by atoms with E-state index in [0.717, 1.165) is 6.42 Å². The Hall–Kier alpha value is -2.02. The number of carbonyl (C=O) groups excluding carboxylic acids is 2. The van der Waals surface area contributed by atoms with Crippen LogP contribution >= 0.6 is 11.8 Å². The minimum atomic E-state index is -1.22. The van der Waals surface area contributed by atoms with Gasteiger partial charge < -0.3 is 15.7 Å². The van der Waals surface area contributed by atoms with Crippen molar-refractivity contribution in [2.75, 3.05) is 18.1 Å². The number of hydrogen-bond acceptors (Lipinski definition) is 4. The van der Waals surface area contributed by atoms with Gasteiger partial charge in [-0.05, 0) is 36.8 Å². The Morgan fingerprint density at radius 2 is 1.96 bits per heavy atom. The Kier molecular flexibility index (Phi) is 5.65. The molecule has 1 unspecified atom stereocenters. The number of carbonyl (C=O) groups is 3. The van der Waals surface area contributed by atoms with Crippen molar-refractivity contribution in [1.82, 2.24) is 10.6 Å². The summed E-state index contributed by atoms with van der Waals surface area (Å²) in [6.45, 7) is 2.52. The van der Waals surface area contributed by atoms with Crippen LogP contribution in [0.1, 0.15) is 40.5 Å². The molecule has 0 radical (unpaired) electrons. The molecule has 0 saturated carbocycles. The highest BCUT2D eigenvalue weighted by atomic mass is 32.2. The van der Waals surface area contributed by atoms with Crippen LogP contribution in [0, 0.1) is 0 Å². The molecule has 0 bridgehead atoms. The second kappa shape index (κ2) is 7.50. The maximum absolute atomic E-state index is 12.4. The van der Waals surface area contributed by atoms with E-state index in [1.807, 2.05) is 6.92 Å². The number of nitrogens with one attached hydrogen (secondary N) is 2. The number of hydrogen-bond donors (Lipinski definition) is 3. The first-order valence-electron chi connectivity index (χ1n) is 7.50. The van der Waals surface area contributed by atoms with Crippen LogP contribution in [0.4, 0.5) is 0 Å². The summed E-state index contributed by atoms with van der Waals surface area (Å²) in [4.78, 5) is 35.8. The number of thioether (sulfide) groups is 1. The fourth-order valence-electron chi connectivity index (χ4n) is 2.32. The van der Waals surface area contributed by atoms with Crippen molar-refractivity contribution in [1.29, 1.82) is 0 Å². The predicted molar refractivity (Wildman–Crippen MR) is 88.8 cm³/mol. The minimum Gasteiger partial charge on any atom is -0.479 e. The van der Waals surface area contributed by atoms with Gasteiger partial charge in [-0.1, -0.05) is 13.0 Å². The normalized spacial score (nSPS) is 20.0. The molecule has 1 aliphatic rings. The molecule has 1 heterocycles. The van der Waals surface area contributed by atoms with Crippen LogP contribution in [0.5, 0.6) is 0 Å². The molecule has 6 nitrogen and oxygen atoms in total. The van der Waals surface area contributed by atoms with Gasteiger partial charge in [-0.15, -0.1) is 0 Å². The van der Waals surface area contributed by atoms with Gasteiger partial charge in [0.1, 0.15) is 5.54 Å². The molecule has 0 aromatic heterocycles. The molecule has 1 aromatic rings. The lowest BCUT2D eigenvalue weighted by Crippen LogP contribution is -2.54. The van der Waals surface area contributed by atoms with Gasteiger partial charge in [0.05, 0.1) is 0 Å². The highest BCUT2D eigenvalue weighted by Crippen LogP contribution is 2.28. The van der Waals surface area contributed by atoms with Crippen molar-refractivity contribution < 1.29 is 19.5 Å². The van der Waals surface area contributed by atoms with Crippen LogP contribution in [0.2, 0.25) is 0 Å². The van der Waals surface area contributed by atoms with Gasteiger partial charge >= 0.3 is 5.97 Å². The molecule has 3 N–H and O–H groups in total. The van der Waals surface area contributed by atoms with Gasteiger partial charge in [-0.2, -0.15) is 11.8 Å². The Labute approximate surface area is 139 Å². The van der Waals surface area contributed by atoms with Gasteiger partial charge in [0, 0.05) is 23.4 Å². The summed E-state index contributed by atoms with van der Waals surface area (Å²) in [5, 5.41) is 14.8. The van der Waals surface area contributed by atoms with Gasteiger partial charge in [-0.25, -0.2) is 4.79 Å². The lowest BCUT2D eigenvalue weighted by Gasteiger charge is -2.24. The summed E-state index contributed by atoms with van der Waals surface area (Å²) in [7, 11) is 0. The van der Waals surface area contributed by atoms with Gasteiger partial charge in [-0.3, -0.25) is 9.59 Å². The topological polar surface area (TPSA) is 95.5 Å². The molecule has 1 saturated heterocycles. The molecule has 1 atom stereocenters. The fourth-order valence-corrected chi connectivity index (χ4v) is 3.64. The van der Waals surface area contributed by atoms with Crippen molar-refractivity contribution in [2.24, 2.45) is 0 Å². The number of rotatable bonds is 6. The first kappa shape index (κ1) is 17.3. The summed E-state index contributed by atoms with van der Waals surface area (Å²) in [5.41, 5.74) is -0.551. The molecule has 1 aromatic carbocycles. The quantitative estimate of drug-likeness (QED) is 0.732. The molecule has 0 spiro atoms. The number of carboxylic acids is 1. The first-order valence-corrected chi connectivity index (χ1v) is 8.66. The van der Waals surface area contributed by atoms with Crippen LogP contribution in [-0.2, 0) is 4.79 Å². The van der Waals surface area contributed by atoms with Crippen LogP contribution in [0.25, 0.3) is 0 Å². The van der Waals surface area contributed by atoms with E-state index in [9.17, 15) is 19.5 Å². The first-order chi connectivity index (χ1) is 11.0. The van der Waals surface area contributed by atoms with Crippen molar-refractivity contribution in [3.63, 3.8) is 0 Å². The number of amides is 2. The fraction of sp³-hybridized carbons (Fsp3) is 0.438. The van der Waals surface area contributed by atoms with E-state index >= 15 is 0 Å². The maximum atomic E-state index is 12.4. The maximum Gasteiger partial charge on any atom is 0.330 e. The average Bonchev–Trinajstić information content (AvgIpc) is 3.02. The largest absolute Gasteiger partial charge is 0.479 e. The zero-order chi connectivity index (χ0) is 16.9. The SMILES string of the molecule is CCCNC(=O)c1cccc(C(=O)NC2(C(=O)O)CCSC2)c1. The second-order valence-corrected chi connectivity index (χ2v) is 6.59. The molecule has 23 heavy (non-hydrogen) atoms. The zero-order valence-corrected chi connectivity index (χ0v) is 13.7.